The molecule has 0 aliphatic heterocycles. The molecule has 2 rings (SSSR count). The van der Waals surface area contributed by atoms with Crippen molar-refractivity contribution in [1.29, 1.82) is 0 Å². The minimum Gasteiger partial charge on any atom is -0.468 e. The molecule has 0 aliphatic rings. The lowest BCUT2D eigenvalue weighted by Crippen LogP contribution is -2.36. The van der Waals surface area contributed by atoms with Gasteiger partial charge in [0.2, 0.25) is 5.91 Å². The molecule has 0 atom stereocenters. The van der Waals surface area contributed by atoms with Crippen molar-refractivity contribution in [2.45, 2.75) is 19.1 Å². The zero-order valence-corrected chi connectivity index (χ0v) is 16.5. The maximum absolute atomic E-state index is 12.8. The van der Waals surface area contributed by atoms with E-state index in [0.717, 1.165) is 17.7 Å². The molecule has 0 saturated heterocycles. The van der Waals surface area contributed by atoms with E-state index in [-0.39, 0.29) is 31.7 Å². The SMILES string of the molecule is COC(=O)CN(Cc1ccccc1)C(=O)CCNc1ccc(C(F)(F)F)cc1[N+](=O)[O-]. The number of methoxy groups -OCH3 is 1. The Morgan fingerprint density at radius 2 is 1.84 bits per heavy atom. The van der Waals surface area contributed by atoms with E-state index in [1.807, 2.05) is 0 Å². The normalized spacial score (nSPS) is 11.0. The second kappa shape index (κ2) is 10.4. The number of nitrogens with one attached hydrogen (secondary N) is 1. The van der Waals surface area contributed by atoms with Gasteiger partial charge in [0.25, 0.3) is 5.69 Å². The molecule has 1 amide bonds. The van der Waals surface area contributed by atoms with Crippen LogP contribution in [0.5, 0.6) is 0 Å². The van der Waals surface area contributed by atoms with Gasteiger partial charge in [-0.3, -0.25) is 19.7 Å². The number of rotatable bonds is 9. The molecule has 2 aromatic rings. The fourth-order valence-electron chi connectivity index (χ4n) is 2.73. The third-order valence-electron chi connectivity index (χ3n) is 4.29. The molecule has 11 heteroatoms. The summed E-state index contributed by atoms with van der Waals surface area (Å²) in [5.74, 6) is -1.05. The molecule has 0 heterocycles. The average molecular weight is 439 g/mol. The summed E-state index contributed by atoms with van der Waals surface area (Å²) in [6.45, 7) is -0.225. The highest BCUT2D eigenvalue weighted by Crippen LogP contribution is 2.34. The Morgan fingerprint density at radius 3 is 2.42 bits per heavy atom. The van der Waals surface area contributed by atoms with Crippen LogP contribution in [0, 0.1) is 10.1 Å². The Balaban J connectivity index is 2.07. The molecule has 2 aromatic carbocycles. The standard InChI is InChI=1S/C20H20F3N3O5/c1-31-19(28)13-25(12-14-5-3-2-4-6-14)18(27)9-10-24-16-8-7-15(20(21,22)23)11-17(16)26(29)30/h2-8,11,24H,9-10,12-13H2,1H3. The number of carbonyl (C=O) groups excluding carboxylic acids is 2. The fraction of sp³-hybridized carbons (Fsp3) is 0.300. The van der Waals surface area contributed by atoms with Crippen LogP contribution in [0.2, 0.25) is 0 Å². The van der Waals surface area contributed by atoms with Crippen molar-refractivity contribution in [3.8, 4) is 0 Å². The number of amides is 1. The van der Waals surface area contributed by atoms with Crippen LogP contribution in [0.4, 0.5) is 24.5 Å². The Labute approximate surface area is 175 Å². The molecule has 0 aromatic heterocycles. The Morgan fingerprint density at radius 1 is 1.16 bits per heavy atom. The van der Waals surface area contributed by atoms with Crippen LogP contribution in [-0.2, 0) is 27.0 Å². The molecule has 0 bridgehead atoms. The number of benzene rings is 2. The third-order valence-corrected chi connectivity index (χ3v) is 4.29. The quantitative estimate of drug-likeness (QED) is 0.364. The van der Waals surface area contributed by atoms with Crippen LogP contribution < -0.4 is 5.32 Å². The largest absolute Gasteiger partial charge is 0.468 e. The van der Waals surface area contributed by atoms with Gasteiger partial charge in [-0.1, -0.05) is 30.3 Å². The van der Waals surface area contributed by atoms with E-state index in [0.29, 0.717) is 6.07 Å². The van der Waals surface area contributed by atoms with Crippen LogP contribution in [0.15, 0.2) is 48.5 Å². The predicted molar refractivity (Wildman–Crippen MR) is 105 cm³/mol. The number of alkyl halides is 3. The van der Waals surface area contributed by atoms with E-state index in [1.165, 1.54) is 12.0 Å². The number of hydrogen-bond donors (Lipinski definition) is 1. The molecule has 31 heavy (non-hydrogen) atoms. The number of carbonyl (C=O) groups is 2. The number of halogens is 3. The lowest BCUT2D eigenvalue weighted by molar-refractivity contribution is -0.384. The van der Waals surface area contributed by atoms with E-state index < -0.39 is 34.2 Å². The first-order valence-electron chi connectivity index (χ1n) is 9.10. The first-order valence-corrected chi connectivity index (χ1v) is 9.10. The maximum atomic E-state index is 12.8. The van der Waals surface area contributed by atoms with E-state index in [9.17, 15) is 32.9 Å². The summed E-state index contributed by atoms with van der Waals surface area (Å²) < 4.78 is 43.0. The number of anilines is 1. The number of nitro benzene ring substituents is 1. The molecule has 1 N–H and O–H groups in total. The molecule has 0 radical (unpaired) electrons. The van der Waals surface area contributed by atoms with Gasteiger partial charge in [0.1, 0.15) is 12.2 Å². The summed E-state index contributed by atoms with van der Waals surface area (Å²) in [5, 5.41) is 13.8. The Kier molecular flexibility index (Phi) is 7.94. The zero-order chi connectivity index (χ0) is 23.0. The van der Waals surface area contributed by atoms with Gasteiger partial charge < -0.3 is 15.0 Å². The van der Waals surface area contributed by atoms with Gasteiger partial charge in [-0.15, -0.1) is 0 Å². The Bertz CT molecular complexity index is 935. The third kappa shape index (κ3) is 6.98. The van der Waals surface area contributed by atoms with Crippen molar-refractivity contribution in [2.24, 2.45) is 0 Å². The Hall–Kier alpha value is -3.63. The summed E-state index contributed by atoms with van der Waals surface area (Å²) in [6.07, 6.45) is -4.87. The molecule has 8 nitrogen and oxygen atoms in total. The van der Waals surface area contributed by atoms with Crippen molar-refractivity contribution in [2.75, 3.05) is 25.5 Å². The minimum absolute atomic E-state index is 0.0858. The van der Waals surface area contributed by atoms with Gasteiger partial charge >= 0.3 is 12.1 Å². The molecule has 0 aliphatic carbocycles. The number of esters is 1. The van der Waals surface area contributed by atoms with Gasteiger partial charge in [0, 0.05) is 25.6 Å². The highest BCUT2D eigenvalue weighted by atomic mass is 19.4. The second-order valence-electron chi connectivity index (χ2n) is 6.48. The zero-order valence-electron chi connectivity index (χ0n) is 16.5. The van der Waals surface area contributed by atoms with Crippen LogP contribution in [0.1, 0.15) is 17.5 Å². The molecule has 166 valence electrons. The van der Waals surface area contributed by atoms with Gasteiger partial charge in [-0.25, -0.2) is 0 Å². The van der Waals surface area contributed by atoms with Crippen LogP contribution >= 0.6 is 0 Å². The lowest BCUT2D eigenvalue weighted by Gasteiger charge is -2.22. The van der Waals surface area contributed by atoms with Crippen molar-refractivity contribution >= 4 is 23.3 Å². The number of hydrogen-bond acceptors (Lipinski definition) is 6. The summed E-state index contributed by atoms with van der Waals surface area (Å²) in [7, 11) is 1.19. The topological polar surface area (TPSA) is 102 Å². The molecule has 0 spiro atoms. The van der Waals surface area contributed by atoms with Gasteiger partial charge in [-0.05, 0) is 17.7 Å². The first-order chi connectivity index (χ1) is 14.6. The second-order valence-corrected chi connectivity index (χ2v) is 6.48. The van der Waals surface area contributed by atoms with Crippen molar-refractivity contribution < 1.29 is 32.4 Å². The summed E-state index contributed by atoms with van der Waals surface area (Å²) in [5.41, 5.74) is -1.26. The maximum Gasteiger partial charge on any atom is 0.416 e. The highest BCUT2D eigenvalue weighted by molar-refractivity contribution is 5.82. The summed E-state index contributed by atoms with van der Waals surface area (Å²) in [6, 6.07) is 11.0. The molecular weight excluding hydrogens is 419 g/mol. The van der Waals surface area contributed by atoms with Gasteiger partial charge in [0.05, 0.1) is 17.6 Å². The molecule has 0 saturated carbocycles. The average Bonchev–Trinajstić information content (AvgIpc) is 2.73. The van der Waals surface area contributed by atoms with Crippen LogP contribution in [0.3, 0.4) is 0 Å². The minimum atomic E-state index is -4.72. The van der Waals surface area contributed by atoms with Crippen molar-refractivity contribution in [1.82, 2.24) is 4.90 Å². The van der Waals surface area contributed by atoms with Crippen LogP contribution in [0.25, 0.3) is 0 Å². The van der Waals surface area contributed by atoms with Crippen molar-refractivity contribution in [3.05, 3.63) is 69.8 Å². The summed E-state index contributed by atoms with van der Waals surface area (Å²) in [4.78, 5) is 35.7. The number of nitro groups is 1. The van der Waals surface area contributed by atoms with Gasteiger partial charge in [-0.2, -0.15) is 13.2 Å². The number of ether oxygens (including phenoxy) is 1. The monoisotopic (exact) mass is 439 g/mol. The fourth-order valence-corrected chi connectivity index (χ4v) is 2.73. The van der Waals surface area contributed by atoms with Gasteiger partial charge in [0.15, 0.2) is 0 Å². The number of nitrogens with zero attached hydrogens (tertiary/aromatic N) is 2. The van der Waals surface area contributed by atoms with Crippen LogP contribution in [-0.4, -0.2) is 41.9 Å². The molecule has 0 fully saturated rings. The highest BCUT2D eigenvalue weighted by Gasteiger charge is 2.33. The first kappa shape index (κ1) is 23.6. The molecular formula is C20H20F3N3O5. The summed E-state index contributed by atoms with van der Waals surface area (Å²) >= 11 is 0. The predicted octanol–water partition coefficient (Wildman–Crippen LogP) is 3.62. The molecule has 0 unspecified atom stereocenters. The lowest BCUT2D eigenvalue weighted by atomic mass is 10.1. The van der Waals surface area contributed by atoms with E-state index in [1.54, 1.807) is 30.3 Å². The van der Waals surface area contributed by atoms with E-state index >= 15 is 0 Å². The van der Waals surface area contributed by atoms with E-state index in [4.69, 9.17) is 0 Å². The van der Waals surface area contributed by atoms with Crippen molar-refractivity contribution in [3.63, 3.8) is 0 Å². The van der Waals surface area contributed by atoms with E-state index in [2.05, 4.69) is 10.1 Å². The smallest absolute Gasteiger partial charge is 0.416 e.